The van der Waals surface area contributed by atoms with Crippen LogP contribution in [0.2, 0.25) is 0 Å². The van der Waals surface area contributed by atoms with E-state index in [1.165, 1.54) is 11.8 Å². The summed E-state index contributed by atoms with van der Waals surface area (Å²) in [6.07, 6.45) is 2.59. The molecule has 0 aliphatic carbocycles. The molecule has 2 heterocycles. The van der Waals surface area contributed by atoms with Gasteiger partial charge in [-0.1, -0.05) is 12.1 Å². The Balaban J connectivity index is 1.69. The quantitative estimate of drug-likeness (QED) is 0.798. The molecule has 0 aromatic heterocycles. The molecule has 2 atom stereocenters. The number of thioether (sulfide) groups is 1. The molecule has 1 aromatic rings. The van der Waals surface area contributed by atoms with Gasteiger partial charge in [-0.3, -0.25) is 14.4 Å². The van der Waals surface area contributed by atoms with Gasteiger partial charge < -0.3 is 14.9 Å². The molecule has 26 heavy (non-hydrogen) atoms. The number of rotatable bonds is 5. The molecule has 2 amide bonds. The Bertz CT molecular complexity index is 703. The van der Waals surface area contributed by atoms with Crippen LogP contribution in [-0.2, 0) is 9.59 Å². The van der Waals surface area contributed by atoms with Crippen LogP contribution in [0.4, 0.5) is 0 Å². The molecule has 0 radical (unpaired) electrons. The van der Waals surface area contributed by atoms with E-state index in [4.69, 9.17) is 0 Å². The summed E-state index contributed by atoms with van der Waals surface area (Å²) < 4.78 is 0. The van der Waals surface area contributed by atoms with Gasteiger partial charge in [0.15, 0.2) is 0 Å². The van der Waals surface area contributed by atoms with Crippen molar-refractivity contribution in [3.8, 4) is 0 Å². The van der Waals surface area contributed by atoms with Crippen LogP contribution < -0.4 is 0 Å². The molecule has 6 nitrogen and oxygen atoms in total. The van der Waals surface area contributed by atoms with E-state index in [1.807, 2.05) is 17.0 Å². The van der Waals surface area contributed by atoms with Crippen molar-refractivity contribution in [1.82, 2.24) is 9.80 Å². The van der Waals surface area contributed by atoms with E-state index in [0.717, 1.165) is 30.8 Å². The number of hydrogen-bond acceptors (Lipinski definition) is 4. The van der Waals surface area contributed by atoms with E-state index in [0.29, 0.717) is 24.3 Å². The second-order valence-electron chi connectivity index (χ2n) is 6.85. The molecular formula is C19H24N2O4S. The molecule has 2 fully saturated rings. The molecular weight excluding hydrogens is 352 g/mol. The van der Waals surface area contributed by atoms with Gasteiger partial charge in [-0.05, 0) is 38.3 Å². The maximum atomic E-state index is 13.0. The molecule has 2 saturated heterocycles. The molecule has 7 heteroatoms. The van der Waals surface area contributed by atoms with Crippen molar-refractivity contribution in [3.63, 3.8) is 0 Å². The summed E-state index contributed by atoms with van der Waals surface area (Å²) in [6, 6.07) is 6.93. The highest BCUT2D eigenvalue weighted by Crippen LogP contribution is 2.30. The number of likely N-dealkylation sites (tertiary alicyclic amines) is 2. The summed E-state index contributed by atoms with van der Waals surface area (Å²) in [5, 5.41) is 9.27. The van der Waals surface area contributed by atoms with E-state index in [-0.39, 0.29) is 17.9 Å². The first kappa shape index (κ1) is 18.8. The van der Waals surface area contributed by atoms with E-state index >= 15 is 0 Å². The minimum Gasteiger partial charge on any atom is -0.481 e. The second-order valence-corrected chi connectivity index (χ2v) is 7.86. The van der Waals surface area contributed by atoms with Gasteiger partial charge in [0, 0.05) is 30.6 Å². The minimum atomic E-state index is -0.855. The maximum absolute atomic E-state index is 13.0. The number of nitrogens with zero attached hydrogens (tertiary/aromatic N) is 2. The van der Waals surface area contributed by atoms with Crippen LogP contribution in [0.15, 0.2) is 29.2 Å². The minimum absolute atomic E-state index is 0.107. The first-order valence-corrected chi connectivity index (χ1v) is 10.0. The number of aliphatic carboxylic acids is 1. The van der Waals surface area contributed by atoms with Crippen molar-refractivity contribution in [1.29, 1.82) is 0 Å². The lowest BCUT2D eigenvalue weighted by Crippen LogP contribution is -2.37. The molecule has 2 unspecified atom stereocenters. The normalized spacial score (nSPS) is 22.7. The van der Waals surface area contributed by atoms with Crippen molar-refractivity contribution < 1.29 is 19.5 Å². The molecule has 0 spiro atoms. The molecule has 0 bridgehead atoms. The lowest BCUT2D eigenvalue weighted by atomic mass is 10.0. The first-order chi connectivity index (χ1) is 12.5. The summed E-state index contributed by atoms with van der Waals surface area (Å²) in [5.41, 5.74) is 0.546. The van der Waals surface area contributed by atoms with Crippen molar-refractivity contribution in [2.24, 2.45) is 5.92 Å². The third kappa shape index (κ3) is 3.87. The number of carbonyl (C=O) groups is 3. The Morgan fingerprint density at radius 1 is 1.15 bits per heavy atom. The third-order valence-electron chi connectivity index (χ3n) is 5.26. The van der Waals surface area contributed by atoms with Crippen molar-refractivity contribution in [2.45, 2.75) is 37.1 Å². The van der Waals surface area contributed by atoms with Crippen LogP contribution in [0.1, 0.15) is 36.5 Å². The molecule has 1 aromatic carbocycles. The van der Waals surface area contributed by atoms with Gasteiger partial charge in [0.25, 0.3) is 5.91 Å². The standard InChI is InChI=1S/C19H24N2O4S/c1-13-14(19(24)25)8-11-21(13)18(23)15-6-2-3-7-16(15)26-12-17(22)20-9-4-5-10-20/h2-3,6-7,13-14H,4-5,8-12H2,1H3,(H,24,25). The van der Waals surface area contributed by atoms with E-state index in [9.17, 15) is 19.5 Å². The van der Waals surface area contributed by atoms with E-state index in [1.54, 1.807) is 24.0 Å². The number of benzene rings is 1. The predicted octanol–water partition coefficient (Wildman–Crippen LogP) is 2.34. The molecule has 140 valence electrons. The van der Waals surface area contributed by atoms with E-state index < -0.39 is 11.9 Å². The van der Waals surface area contributed by atoms with Crippen LogP contribution in [0.3, 0.4) is 0 Å². The van der Waals surface area contributed by atoms with Crippen LogP contribution in [0, 0.1) is 5.92 Å². The zero-order valence-corrected chi connectivity index (χ0v) is 15.7. The highest BCUT2D eigenvalue weighted by Gasteiger charge is 2.38. The monoisotopic (exact) mass is 376 g/mol. The number of hydrogen-bond donors (Lipinski definition) is 1. The predicted molar refractivity (Wildman–Crippen MR) is 99.2 cm³/mol. The number of carbonyl (C=O) groups excluding carboxylic acids is 2. The summed E-state index contributed by atoms with van der Waals surface area (Å²) in [4.78, 5) is 40.8. The summed E-state index contributed by atoms with van der Waals surface area (Å²) in [7, 11) is 0. The SMILES string of the molecule is CC1C(C(=O)O)CCN1C(=O)c1ccccc1SCC(=O)N1CCCC1. The smallest absolute Gasteiger partial charge is 0.308 e. The summed E-state index contributed by atoms with van der Waals surface area (Å²) in [6.45, 7) is 3.88. The Morgan fingerprint density at radius 2 is 1.85 bits per heavy atom. The van der Waals surface area contributed by atoms with Gasteiger partial charge in [0.1, 0.15) is 0 Å². The third-order valence-corrected chi connectivity index (χ3v) is 6.32. The lowest BCUT2D eigenvalue weighted by Gasteiger charge is -2.24. The van der Waals surface area contributed by atoms with Gasteiger partial charge in [0.2, 0.25) is 5.91 Å². The number of amides is 2. The van der Waals surface area contributed by atoms with Gasteiger partial charge in [-0.2, -0.15) is 0 Å². The summed E-state index contributed by atoms with van der Waals surface area (Å²) in [5.74, 6) is -1.10. The average molecular weight is 376 g/mol. The zero-order valence-electron chi connectivity index (χ0n) is 14.9. The Hall–Kier alpha value is -2.02. The van der Waals surface area contributed by atoms with Crippen molar-refractivity contribution in [3.05, 3.63) is 29.8 Å². The van der Waals surface area contributed by atoms with Gasteiger partial charge in [0.05, 0.1) is 17.2 Å². The van der Waals surface area contributed by atoms with Crippen LogP contribution in [0.25, 0.3) is 0 Å². The largest absolute Gasteiger partial charge is 0.481 e. The Labute approximate surface area is 157 Å². The molecule has 0 saturated carbocycles. The molecule has 1 N–H and O–H groups in total. The van der Waals surface area contributed by atoms with Gasteiger partial charge in [-0.15, -0.1) is 11.8 Å². The maximum Gasteiger partial charge on any atom is 0.308 e. The van der Waals surface area contributed by atoms with Crippen LogP contribution in [0.5, 0.6) is 0 Å². The first-order valence-electron chi connectivity index (χ1n) is 9.02. The number of carboxylic acid groups (broad SMARTS) is 1. The van der Waals surface area contributed by atoms with Crippen molar-refractivity contribution >= 4 is 29.5 Å². The fraction of sp³-hybridized carbons (Fsp3) is 0.526. The van der Waals surface area contributed by atoms with E-state index in [2.05, 4.69) is 0 Å². The highest BCUT2D eigenvalue weighted by atomic mass is 32.2. The fourth-order valence-electron chi connectivity index (χ4n) is 3.68. The Kier molecular flexibility index (Phi) is 5.86. The molecule has 3 rings (SSSR count). The highest BCUT2D eigenvalue weighted by molar-refractivity contribution is 8.00. The average Bonchev–Trinajstić information content (AvgIpc) is 3.29. The lowest BCUT2D eigenvalue weighted by molar-refractivity contribution is -0.142. The second kappa shape index (κ2) is 8.12. The van der Waals surface area contributed by atoms with Crippen LogP contribution >= 0.6 is 11.8 Å². The van der Waals surface area contributed by atoms with Gasteiger partial charge in [-0.25, -0.2) is 0 Å². The van der Waals surface area contributed by atoms with Crippen molar-refractivity contribution in [2.75, 3.05) is 25.4 Å². The zero-order chi connectivity index (χ0) is 18.7. The Morgan fingerprint density at radius 3 is 2.50 bits per heavy atom. The molecule has 2 aliphatic heterocycles. The summed E-state index contributed by atoms with van der Waals surface area (Å²) >= 11 is 1.38. The number of carboxylic acids is 1. The van der Waals surface area contributed by atoms with Gasteiger partial charge >= 0.3 is 5.97 Å². The topological polar surface area (TPSA) is 77.9 Å². The van der Waals surface area contributed by atoms with Crippen LogP contribution in [-0.4, -0.2) is 64.1 Å². The fourth-order valence-corrected chi connectivity index (χ4v) is 4.62. The molecule has 2 aliphatic rings.